The van der Waals surface area contributed by atoms with Gasteiger partial charge in [0.05, 0.1) is 0 Å². The summed E-state index contributed by atoms with van der Waals surface area (Å²) in [7, 11) is 1.93. The van der Waals surface area contributed by atoms with Crippen LogP contribution in [0.3, 0.4) is 0 Å². The van der Waals surface area contributed by atoms with Gasteiger partial charge in [0.25, 0.3) is 0 Å². The number of likely N-dealkylation sites (N-methyl/N-ethyl adjacent to an activating group) is 1. The molecule has 2 heterocycles. The SMILES string of the molecule is CC(N)CN(C)c1ncc(-c2cccnc2)cn1. The zero-order chi connectivity index (χ0) is 13.0. The Morgan fingerprint density at radius 2 is 1.94 bits per heavy atom. The Morgan fingerprint density at radius 1 is 1.22 bits per heavy atom. The van der Waals surface area contributed by atoms with Crippen molar-refractivity contribution in [3.8, 4) is 11.1 Å². The molecule has 2 N–H and O–H groups in total. The third-order valence-electron chi connectivity index (χ3n) is 2.54. The Morgan fingerprint density at radius 3 is 2.50 bits per heavy atom. The third-order valence-corrected chi connectivity index (χ3v) is 2.54. The first-order valence-electron chi connectivity index (χ1n) is 5.86. The zero-order valence-corrected chi connectivity index (χ0v) is 10.6. The molecule has 0 aliphatic heterocycles. The van der Waals surface area contributed by atoms with Crippen molar-refractivity contribution in [1.29, 1.82) is 0 Å². The summed E-state index contributed by atoms with van der Waals surface area (Å²) in [6.07, 6.45) is 7.15. The smallest absolute Gasteiger partial charge is 0.225 e. The van der Waals surface area contributed by atoms with Crippen LogP contribution in [-0.2, 0) is 0 Å². The maximum Gasteiger partial charge on any atom is 0.225 e. The average Bonchev–Trinajstić information content (AvgIpc) is 2.39. The quantitative estimate of drug-likeness (QED) is 0.877. The Bertz CT molecular complexity index is 480. The van der Waals surface area contributed by atoms with Crippen molar-refractivity contribution in [2.75, 3.05) is 18.5 Å². The molecular formula is C13H17N5. The van der Waals surface area contributed by atoms with Crippen LogP contribution >= 0.6 is 0 Å². The van der Waals surface area contributed by atoms with Crippen molar-refractivity contribution >= 4 is 5.95 Å². The molecule has 1 atom stereocenters. The van der Waals surface area contributed by atoms with Gasteiger partial charge in [-0.05, 0) is 13.0 Å². The van der Waals surface area contributed by atoms with E-state index in [0.29, 0.717) is 5.95 Å². The van der Waals surface area contributed by atoms with Crippen LogP contribution in [0.1, 0.15) is 6.92 Å². The van der Waals surface area contributed by atoms with Gasteiger partial charge >= 0.3 is 0 Å². The second-order valence-corrected chi connectivity index (χ2v) is 4.37. The van der Waals surface area contributed by atoms with E-state index in [1.54, 1.807) is 24.8 Å². The highest BCUT2D eigenvalue weighted by atomic mass is 15.2. The number of aromatic nitrogens is 3. The fraction of sp³-hybridized carbons (Fsp3) is 0.308. The molecule has 0 bridgehead atoms. The average molecular weight is 243 g/mol. The largest absolute Gasteiger partial charge is 0.342 e. The molecule has 2 aromatic rings. The zero-order valence-electron chi connectivity index (χ0n) is 10.6. The van der Waals surface area contributed by atoms with Crippen LogP contribution in [-0.4, -0.2) is 34.6 Å². The second kappa shape index (κ2) is 5.55. The number of rotatable bonds is 4. The summed E-state index contributed by atoms with van der Waals surface area (Å²) in [5, 5.41) is 0. The summed E-state index contributed by atoms with van der Waals surface area (Å²) < 4.78 is 0. The van der Waals surface area contributed by atoms with Crippen molar-refractivity contribution in [1.82, 2.24) is 15.0 Å². The van der Waals surface area contributed by atoms with Gasteiger partial charge < -0.3 is 10.6 Å². The molecule has 18 heavy (non-hydrogen) atoms. The lowest BCUT2D eigenvalue weighted by Crippen LogP contribution is -2.33. The standard InChI is InChI=1S/C13H17N5/c1-10(14)9-18(2)13-16-7-12(8-17-13)11-4-3-5-15-6-11/h3-8,10H,9,14H2,1-2H3. The molecule has 0 aliphatic carbocycles. The first kappa shape index (κ1) is 12.4. The summed E-state index contributed by atoms with van der Waals surface area (Å²) in [6, 6.07) is 3.97. The Balaban J connectivity index is 2.15. The highest BCUT2D eigenvalue weighted by molar-refractivity contribution is 5.60. The molecule has 0 amide bonds. The molecule has 0 aromatic carbocycles. The summed E-state index contributed by atoms with van der Waals surface area (Å²) in [5.74, 6) is 0.681. The van der Waals surface area contributed by atoms with Crippen LogP contribution in [0.15, 0.2) is 36.9 Å². The van der Waals surface area contributed by atoms with Crippen LogP contribution in [0.5, 0.6) is 0 Å². The molecule has 94 valence electrons. The van der Waals surface area contributed by atoms with E-state index in [-0.39, 0.29) is 6.04 Å². The first-order valence-corrected chi connectivity index (χ1v) is 5.86. The first-order chi connectivity index (χ1) is 8.66. The van der Waals surface area contributed by atoms with Crippen LogP contribution in [0.4, 0.5) is 5.95 Å². The number of nitrogens with two attached hydrogens (primary N) is 1. The lowest BCUT2D eigenvalue weighted by molar-refractivity contribution is 0.704. The number of hydrogen-bond acceptors (Lipinski definition) is 5. The highest BCUT2D eigenvalue weighted by Crippen LogP contribution is 2.17. The molecule has 0 aliphatic rings. The molecule has 0 saturated heterocycles. The number of anilines is 1. The number of pyridine rings is 1. The molecule has 5 nitrogen and oxygen atoms in total. The maximum atomic E-state index is 5.75. The third kappa shape index (κ3) is 3.01. The van der Waals surface area contributed by atoms with E-state index in [2.05, 4.69) is 15.0 Å². The van der Waals surface area contributed by atoms with Gasteiger partial charge in [0.15, 0.2) is 0 Å². The lowest BCUT2D eigenvalue weighted by Gasteiger charge is -2.18. The summed E-state index contributed by atoms with van der Waals surface area (Å²) >= 11 is 0. The Hall–Kier alpha value is -2.01. The predicted octanol–water partition coefficient (Wildman–Crippen LogP) is 1.32. The Labute approximate surface area is 107 Å². The van der Waals surface area contributed by atoms with E-state index in [0.717, 1.165) is 17.7 Å². The van der Waals surface area contributed by atoms with Crippen molar-refractivity contribution in [2.45, 2.75) is 13.0 Å². The van der Waals surface area contributed by atoms with Crippen molar-refractivity contribution in [3.05, 3.63) is 36.9 Å². The lowest BCUT2D eigenvalue weighted by atomic mass is 10.2. The van der Waals surface area contributed by atoms with Crippen molar-refractivity contribution < 1.29 is 0 Å². The van der Waals surface area contributed by atoms with E-state index in [4.69, 9.17) is 5.73 Å². The van der Waals surface area contributed by atoms with Crippen LogP contribution in [0.25, 0.3) is 11.1 Å². The van der Waals surface area contributed by atoms with E-state index in [1.165, 1.54) is 0 Å². The molecule has 0 radical (unpaired) electrons. The minimum atomic E-state index is 0.0941. The highest BCUT2D eigenvalue weighted by Gasteiger charge is 2.06. The van der Waals surface area contributed by atoms with E-state index >= 15 is 0 Å². The van der Waals surface area contributed by atoms with Crippen molar-refractivity contribution in [2.24, 2.45) is 5.73 Å². The monoisotopic (exact) mass is 243 g/mol. The van der Waals surface area contributed by atoms with Gasteiger partial charge in [0.2, 0.25) is 5.95 Å². The van der Waals surface area contributed by atoms with Crippen LogP contribution in [0.2, 0.25) is 0 Å². The minimum absolute atomic E-state index is 0.0941. The van der Waals surface area contributed by atoms with Crippen LogP contribution < -0.4 is 10.6 Å². The topological polar surface area (TPSA) is 67.9 Å². The van der Waals surface area contributed by atoms with Crippen LogP contribution in [0, 0.1) is 0 Å². The van der Waals surface area contributed by atoms with Gasteiger partial charge in [-0.25, -0.2) is 9.97 Å². The molecule has 5 heteroatoms. The Kier molecular flexibility index (Phi) is 3.84. The molecule has 2 aromatic heterocycles. The van der Waals surface area contributed by atoms with E-state index in [1.807, 2.05) is 31.0 Å². The summed E-state index contributed by atoms with van der Waals surface area (Å²) in [4.78, 5) is 14.7. The molecule has 0 saturated carbocycles. The predicted molar refractivity (Wildman–Crippen MR) is 72.2 cm³/mol. The molecule has 0 fully saturated rings. The summed E-state index contributed by atoms with van der Waals surface area (Å²) in [5.41, 5.74) is 7.72. The number of nitrogens with zero attached hydrogens (tertiary/aromatic N) is 4. The fourth-order valence-corrected chi connectivity index (χ4v) is 1.71. The van der Waals surface area contributed by atoms with Crippen molar-refractivity contribution in [3.63, 3.8) is 0 Å². The summed E-state index contributed by atoms with van der Waals surface area (Å²) in [6.45, 7) is 2.69. The van der Waals surface area contributed by atoms with Gasteiger partial charge in [-0.2, -0.15) is 0 Å². The second-order valence-electron chi connectivity index (χ2n) is 4.37. The number of hydrogen-bond donors (Lipinski definition) is 1. The van der Waals surface area contributed by atoms with Gasteiger partial charge in [0.1, 0.15) is 0 Å². The van der Waals surface area contributed by atoms with Gasteiger partial charge in [-0.1, -0.05) is 6.07 Å². The normalized spacial score (nSPS) is 12.2. The molecule has 2 rings (SSSR count). The van der Waals surface area contributed by atoms with E-state index in [9.17, 15) is 0 Å². The van der Waals surface area contributed by atoms with Gasteiger partial charge in [0, 0.05) is 55.5 Å². The molecule has 1 unspecified atom stereocenters. The minimum Gasteiger partial charge on any atom is -0.342 e. The molecule has 0 spiro atoms. The van der Waals surface area contributed by atoms with Gasteiger partial charge in [-0.3, -0.25) is 4.98 Å². The molecular weight excluding hydrogens is 226 g/mol. The van der Waals surface area contributed by atoms with Gasteiger partial charge in [-0.15, -0.1) is 0 Å². The van der Waals surface area contributed by atoms with E-state index < -0.39 is 0 Å². The fourth-order valence-electron chi connectivity index (χ4n) is 1.71. The maximum absolute atomic E-state index is 5.75.